The van der Waals surface area contributed by atoms with Crippen molar-refractivity contribution in [3.8, 4) is 0 Å². The van der Waals surface area contributed by atoms with E-state index >= 15 is 0 Å². The van der Waals surface area contributed by atoms with Crippen molar-refractivity contribution in [3.05, 3.63) is 24.3 Å². The van der Waals surface area contributed by atoms with Crippen LogP contribution in [0.15, 0.2) is 23.4 Å². The fourth-order valence-corrected chi connectivity index (χ4v) is 4.48. The van der Waals surface area contributed by atoms with Gasteiger partial charge < -0.3 is 0 Å². The molecule has 1 saturated heterocycles. The highest BCUT2D eigenvalue weighted by Crippen LogP contribution is 2.26. The van der Waals surface area contributed by atoms with E-state index in [9.17, 15) is 12.8 Å². The molecule has 2 heterocycles. The first kappa shape index (κ1) is 12.9. The van der Waals surface area contributed by atoms with Gasteiger partial charge in [0.1, 0.15) is 10.7 Å². The van der Waals surface area contributed by atoms with Gasteiger partial charge in [-0.05, 0) is 18.9 Å². The Morgan fingerprint density at radius 2 is 2.29 bits per heavy atom. The predicted molar refractivity (Wildman–Crippen MR) is 64.9 cm³/mol. The minimum Gasteiger partial charge on any atom is -0.260 e. The molecule has 1 aromatic rings. The molecule has 4 nitrogen and oxygen atoms in total. The van der Waals surface area contributed by atoms with Crippen molar-refractivity contribution in [1.29, 1.82) is 0 Å². The molecular formula is C10H12BrFN2O2S. The maximum Gasteiger partial charge on any atom is 0.244 e. The van der Waals surface area contributed by atoms with E-state index < -0.39 is 15.8 Å². The summed E-state index contributed by atoms with van der Waals surface area (Å²) >= 11 is 3.30. The Morgan fingerprint density at radius 3 is 2.94 bits per heavy atom. The summed E-state index contributed by atoms with van der Waals surface area (Å²) in [5.74, 6) is -0.638. The summed E-state index contributed by atoms with van der Waals surface area (Å²) in [4.78, 5) is 3.50. The number of pyridine rings is 1. The molecule has 0 saturated carbocycles. The highest BCUT2D eigenvalue weighted by Gasteiger charge is 2.34. The van der Waals surface area contributed by atoms with Crippen molar-refractivity contribution in [2.75, 3.05) is 11.9 Å². The average molecular weight is 323 g/mol. The van der Waals surface area contributed by atoms with Gasteiger partial charge in [0.15, 0.2) is 0 Å². The number of hydrogen-bond acceptors (Lipinski definition) is 3. The van der Waals surface area contributed by atoms with Crippen LogP contribution in [0.3, 0.4) is 0 Å². The Balaban J connectivity index is 2.36. The molecule has 0 aromatic carbocycles. The quantitative estimate of drug-likeness (QED) is 0.797. The summed E-state index contributed by atoms with van der Waals surface area (Å²) in [6.07, 6.45) is 3.83. The fourth-order valence-electron chi connectivity index (χ4n) is 1.95. The van der Waals surface area contributed by atoms with E-state index in [1.54, 1.807) is 0 Å². The Labute approximate surface area is 108 Å². The lowest BCUT2D eigenvalue weighted by atomic mass is 10.3. The van der Waals surface area contributed by atoms with Crippen molar-refractivity contribution in [2.24, 2.45) is 0 Å². The van der Waals surface area contributed by atoms with E-state index in [0.717, 1.165) is 25.1 Å². The first-order valence-electron chi connectivity index (χ1n) is 5.24. The zero-order valence-corrected chi connectivity index (χ0v) is 11.4. The van der Waals surface area contributed by atoms with Crippen LogP contribution in [0.4, 0.5) is 4.39 Å². The Morgan fingerprint density at radius 1 is 1.53 bits per heavy atom. The Kier molecular flexibility index (Phi) is 3.79. The molecule has 0 amide bonds. The molecule has 1 aromatic heterocycles. The van der Waals surface area contributed by atoms with Crippen LogP contribution in [0.25, 0.3) is 0 Å². The van der Waals surface area contributed by atoms with Gasteiger partial charge >= 0.3 is 0 Å². The number of aromatic nitrogens is 1. The molecule has 7 heteroatoms. The molecule has 1 unspecified atom stereocenters. The first-order chi connectivity index (χ1) is 8.05. The molecule has 94 valence electrons. The van der Waals surface area contributed by atoms with E-state index in [1.807, 2.05) is 0 Å². The lowest BCUT2D eigenvalue weighted by molar-refractivity contribution is 0.413. The lowest BCUT2D eigenvalue weighted by Gasteiger charge is -2.22. The second-order valence-electron chi connectivity index (χ2n) is 3.90. The van der Waals surface area contributed by atoms with Crippen molar-refractivity contribution in [1.82, 2.24) is 9.29 Å². The fraction of sp³-hybridized carbons (Fsp3) is 0.500. The maximum absolute atomic E-state index is 13.0. The van der Waals surface area contributed by atoms with Gasteiger partial charge in [0, 0.05) is 24.1 Å². The van der Waals surface area contributed by atoms with Crippen molar-refractivity contribution in [2.45, 2.75) is 23.8 Å². The largest absolute Gasteiger partial charge is 0.260 e. The summed E-state index contributed by atoms with van der Waals surface area (Å²) < 4.78 is 38.9. The predicted octanol–water partition coefficient (Wildman–Crippen LogP) is 1.77. The van der Waals surface area contributed by atoms with E-state index in [-0.39, 0.29) is 10.9 Å². The van der Waals surface area contributed by atoms with Crippen LogP contribution in [-0.2, 0) is 10.0 Å². The second-order valence-corrected chi connectivity index (χ2v) is 6.44. The number of hydrogen-bond donors (Lipinski definition) is 0. The molecule has 1 aliphatic heterocycles. The van der Waals surface area contributed by atoms with Crippen LogP contribution in [0.5, 0.6) is 0 Å². The van der Waals surface area contributed by atoms with Crippen LogP contribution in [0, 0.1) is 5.82 Å². The molecule has 1 aliphatic rings. The Hall–Kier alpha value is -0.530. The molecule has 0 N–H and O–H groups in total. The van der Waals surface area contributed by atoms with Gasteiger partial charge in [0.05, 0.1) is 6.20 Å². The smallest absolute Gasteiger partial charge is 0.244 e. The van der Waals surface area contributed by atoms with Gasteiger partial charge in [-0.1, -0.05) is 15.9 Å². The van der Waals surface area contributed by atoms with Crippen LogP contribution >= 0.6 is 15.9 Å². The minimum absolute atomic E-state index is 0.0525. The summed E-state index contributed by atoms with van der Waals surface area (Å²) in [6, 6.07) is 0.953. The molecule has 0 aliphatic carbocycles. The monoisotopic (exact) mass is 322 g/mol. The zero-order chi connectivity index (χ0) is 12.5. The van der Waals surface area contributed by atoms with Gasteiger partial charge in [-0.15, -0.1) is 0 Å². The molecule has 0 radical (unpaired) electrons. The highest BCUT2D eigenvalue weighted by molar-refractivity contribution is 9.09. The van der Waals surface area contributed by atoms with Gasteiger partial charge in [-0.3, -0.25) is 4.98 Å². The molecule has 17 heavy (non-hydrogen) atoms. The van der Waals surface area contributed by atoms with E-state index in [0.29, 0.717) is 11.9 Å². The third kappa shape index (κ3) is 2.51. The Bertz CT molecular complexity index is 509. The molecule has 2 rings (SSSR count). The van der Waals surface area contributed by atoms with E-state index in [2.05, 4.69) is 20.9 Å². The van der Waals surface area contributed by atoms with Gasteiger partial charge in [0.2, 0.25) is 10.0 Å². The summed E-state index contributed by atoms with van der Waals surface area (Å²) in [5, 5.41) is 0.592. The van der Waals surface area contributed by atoms with E-state index in [1.165, 1.54) is 10.5 Å². The normalized spacial score (nSPS) is 21.9. The number of nitrogens with zero attached hydrogens (tertiary/aromatic N) is 2. The van der Waals surface area contributed by atoms with Gasteiger partial charge in [0.25, 0.3) is 0 Å². The topological polar surface area (TPSA) is 50.3 Å². The second kappa shape index (κ2) is 4.99. The SMILES string of the molecule is O=S(=O)(c1cncc(F)c1)N1CCCC1CBr. The maximum atomic E-state index is 13.0. The summed E-state index contributed by atoms with van der Waals surface area (Å²) in [5.41, 5.74) is 0. The van der Waals surface area contributed by atoms with E-state index in [4.69, 9.17) is 0 Å². The molecule has 0 bridgehead atoms. The van der Waals surface area contributed by atoms with Gasteiger partial charge in [-0.2, -0.15) is 4.31 Å². The van der Waals surface area contributed by atoms with Crippen LogP contribution < -0.4 is 0 Å². The van der Waals surface area contributed by atoms with Crippen molar-refractivity contribution in [3.63, 3.8) is 0 Å². The van der Waals surface area contributed by atoms with Crippen LogP contribution in [0.1, 0.15) is 12.8 Å². The molecular weight excluding hydrogens is 311 g/mol. The summed E-state index contributed by atoms with van der Waals surface area (Å²) in [6.45, 7) is 0.481. The third-order valence-corrected chi connectivity index (χ3v) is 5.45. The highest BCUT2D eigenvalue weighted by atomic mass is 79.9. The molecule has 1 atom stereocenters. The number of halogens is 2. The summed E-state index contributed by atoms with van der Waals surface area (Å²) in [7, 11) is -3.62. The lowest BCUT2D eigenvalue weighted by Crippen LogP contribution is -2.36. The van der Waals surface area contributed by atoms with Gasteiger partial charge in [-0.25, -0.2) is 12.8 Å². The number of rotatable bonds is 3. The molecule has 1 fully saturated rings. The number of sulfonamides is 1. The minimum atomic E-state index is -3.62. The number of alkyl halides is 1. The van der Waals surface area contributed by atoms with Crippen LogP contribution in [-0.4, -0.2) is 35.6 Å². The standard InChI is InChI=1S/C10H12BrFN2O2S/c11-5-9-2-1-3-14(9)17(15,16)10-4-8(12)6-13-7-10/h4,6-7,9H,1-3,5H2. The zero-order valence-electron chi connectivity index (χ0n) is 9.01. The average Bonchev–Trinajstić information content (AvgIpc) is 2.77. The van der Waals surface area contributed by atoms with Crippen LogP contribution in [0.2, 0.25) is 0 Å². The molecule has 0 spiro atoms. The van der Waals surface area contributed by atoms with Crippen molar-refractivity contribution >= 4 is 26.0 Å². The van der Waals surface area contributed by atoms with Crippen molar-refractivity contribution < 1.29 is 12.8 Å². The first-order valence-corrected chi connectivity index (χ1v) is 7.80. The third-order valence-electron chi connectivity index (χ3n) is 2.79.